The van der Waals surface area contributed by atoms with Gasteiger partial charge in [0.25, 0.3) is 0 Å². The van der Waals surface area contributed by atoms with Crippen molar-refractivity contribution in [2.75, 3.05) is 26.7 Å². The molecule has 0 aromatic heterocycles. The summed E-state index contributed by atoms with van der Waals surface area (Å²) in [4.78, 5) is 23.7. The number of hydrogen-bond acceptors (Lipinski definition) is 3. The van der Waals surface area contributed by atoms with Gasteiger partial charge in [-0.2, -0.15) is 0 Å². The van der Waals surface area contributed by atoms with Crippen molar-refractivity contribution < 1.29 is 14.7 Å². The van der Waals surface area contributed by atoms with Crippen LogP contribution in [0.4, 0.5) is 0 Å². The normalized spacial score (nSPS) is 10.5. The highest BCUT2D eigenvalue weighted by molar-refractivity contribution is 5.77. The highest BCUT2D eigenvalue weighted by Crippen LogP contribution is 2.02. The first kappa shape index (κ1) is 15.9. The summed E-state index contributed by atoms with van der Waals surface area (Å²) in [5.41, 5.74) is 0. The number of nitrogens with zero attached hydrogens (tertiary/aromatic N) is 1. The highest BCUT2D eigenvalue weighted by atomic mass is 16.4. The van der Waals surface area contributed by atoms with Gasteiger partial charge < -0.3 is 10.4 Å². The summed E-state index contributed by atoms with van der Waals surface area (Å²) in [7, 11) is 1.64. The molecule has 0 saturated heterocycles. The standard InChI is InChI=1S/C12H24N2O3/c1-3-8-14(10-11(15)13-2)9-6-4-5-7-12(16)17/h3-10H2,1-2H3,(H,13,15)(H,16,17). The Bertz CT molecular complexity index is 232. The molecule has 1 amide bonds. The molecule has 5 nitrogen and oxygen atoms in total. The van der Waals surface area contributed by atoms with Crippen molar-refractivity contribution in [3.05, 3.63) is 0 Å². The van der Waals surface area contributed by atoms with E-state index >= 15 is 0 Å². The quantitative estimate of drug-likeness (QED) is 0.564. The van der Waals surface area contributed by atoms with E-state index in [9.17, 15) is 9.59 Å². The van der Waals surface area contributed by atoms with Crippen molar-refractivity contribution in [1.29, 1.82) is 0 Å². The third kappa shape index (κ3) is 9.81. The van der Waals surface area contributed by atoms with E-state index in [2.05, 4.69) is 17.1 Å². The molecule has 0 aromatic rings. The molecule has 0 heterocycles. The number of aliphatic carboxylic acids is 1. The van der Waals surface area contributed by atoms with Crippen LogP contribution in [0.5, 0.6) is 0 Å². The van der Waals surface area contributed by atoms with Gasteiger partial charge in [0.15, 0.2) is 0 Å². The zero-order chi connectivity index (χ0) is 13.1. The van der Waals surface area contributed by atoms with Crippen LogP contribution in [0.25, 0.3) is 0 Å². The van der Waals surface area contributed by atoms with E-state index in [4.69, 9.17) is 5.11 Å². The van der Waals surface area contributed by atoms with Crippen LogP contribution in [0.3, 0.4) is 0 Å². The molecule has 2 N–H and O–H groups in total. The van der Waals surface area contributed by atoms with Gasteiger partial charge in [0, 0.05) is 13.5 Å². The van der Waals surface area contributed by atoms with Crippen LogP contribution in [0.15, 0.2) is 0 Å². The first-order chi connectivity index (χ1) is 8.10. The van der Waals surface area contributed by atoms with Crippen molar-refractivity contribution in [1.82, 2.24) is 10.2 Å². The van der Waals surface area contributed by atoms with Gasteiger partial charge in [0.2, 0.25) is 5.91 Å². The second-order valence-corrected chi connectivity index (χ2v) is 4.15. The summed E-state index contributed by atoms with van der Waals surface area (Å²) < 4.78 is 0. The first-order valence-electron chi connectivity index (χ1n) is 6.24. The Morgan fingerprint density at radius 3 is 2.41 bits per heavy atom. The molecular weight excluding hydrogens is 220 g/mol. The molecule has 0 atom stereocenters. The van der Waals surface area contributed by atoms with Crippen molar-refractivity contribution in [2.24, 2.45) is 0 Å². The zero-order valence-electron chi connectivity index (χ0n) is 10.9. The third-order valence-electron chi connectivity index (χ3n) is 2.55. The minimum atomic E-state index is -0.735. The molecule has 0 radical (unpaired) electrons. The molecule has 0 fully saturated rings. The number of carbonyl (C=O) groups excluding carboxylic acids is 1. The van der Waals surface area contributed by atoms with E-state index in [1.54, 1.807) is 7.05 Å². The van der Waals surface area contributed by atoms with Crippen molar-refractivity contribution in [3.8, 4) is 0 Å². The molecule has 100 valence electrons. The van der Waals surface area contributed by atoms with Gasteiger partial charge in [-0.1, -0.05) is 13.3 Å². The van der Waals surface area contributed by atoms with Crippen LogP contribution in [-0.2, 0) is 9.59 Å². The summed E-state index contributed by atoms with van der Waals surface area (Å²) in [6.45, 7) is 4.29. The fraction of sp³-hybridized carbons (Fsp3) is 0.833. The largest absolute Gasteiger partial charge is 0.481 e. The number of likely N-dealkylation sites (N-methyl/N-ethyl adjacent to an activating group) is 1. The van der Waals surface area contributed by atoms with Crippen LogP contribution in [0, 0.1) is 0 Å². The van der Waals surface area contributed by atoms with Crippen LogP contribution in [-0.4, -0.2) is 48.6 Å². The van der Waals surface area contributed by atoms with E-state index < -0.39 is 5.97 Å². The summed E-state index contributed by atoms with van der Waals surface area (Å²) in [5, 5.41) is 11.1. The maximum absolute atomic E-state index is 11.2. The Hall–Kier alpha value is -1.10. The Kier molecular flexibility index (Phi) is 9.43. The minimum absolute atomic E-state index is 0.0315. The lowest BCUT2D eigenvalue weighted by molar-refractivity contribution is -0.137. The Morgan fingerprint density at radius 1 is 1.18 bits per heavy atom. The zero-order valence-corrected chi connectivity index (χ0v) is 10.9. The molecule has 0 aliphatic heterocycles. The summed E-state index contributed by atoms with van der Waals surface area (Å²) in [6, 6.07) is 0. The predicted octanol–water partition coefficient (Wildman–Crippen LogP) is 1.09. The number of carboxylic acid groups (broad SMARTS) is 1. The second-order valence-electron chi connectivity index (χ2n) is 4.15. The second kappa shape index (κ2) is 10.1. The molecular formula is C12H24N2O3. The van der Waals surface area contributed by atoms with Gasteiger partial charge >= 0.3 is 5.97 Å². The average Bonchev–Trinajstić information content (AvgIpc) is 2.28. The molecule has 0 saturated carbocycles. The molecule has 0 aliphatic carbocycles. The SMILES string of the molecule is CCCN(CCCCCC(=O)O)CC(=O)NC. The number of nitrogens with one attached hydrogen (secondary N) is 1. The topological polar surface area (TPSA) is 69.6 Å². The van der Waals surface area contributed by atoms with E-state index in [1.807, 2.05) is 0 Å². The van der Waals surface area contributed by atoms with Gasteiger partial charge in [0.05, 0.1) is 6.54 Å². The molecule has 5 heteroatoms. The third-order valence-corrected chi connectivity index (χ3v) is 2.55. The molecule has 17 heavy (non-hydrogen) atoms. The first-order valence-corrected chi connectivity index (χ1v) is 6.24. The maximum atomic E-state index is 11.2. The van der Waals surface area contributed by atoms with Crippen LogP contribution in [0.1, 0.15) is 39.0 Å². The van der Waals surface area contributed by atoms with Gasteiger partial charge in [-0.15, -0.1) is 0 Å². The molecule has 0 unspecified atom stereocenters. The van der Waals surface area contributed by atoms with E-state index in [0.29, 0.717) is 6.54 Å². The van der Waals surface area contributed by atoms with Crippen molar-refractivity contribution in [2.45, 2.75) is 39.0 Å². The number of carboxylic acids is 1. The van der Waals surface area contributed by atoms with Crippen molar-refractivity contribution in [3.63, 3.8) is 0 Å². The molecule has 0 bridgehead atoms. The lowest BCUT2D eigenvalue weighted by Gasteiger charge is -2.20. The van der Waals surface area contributed by atoms with Gasteiger partial charge in [0.1, 0.15) is 0 Å². The minimum Gasteiger partial charge on any atom is -0.481 e. The predicted molar refractivity (Wildman–Crippen MR) is 66.9 cm³/mol. The van der Waals surface area contributed by atoms with E-state index in [0.717, 1.165) is 38.8 Å². The Morgan fingerprint density at radius 2 is 1.88 bits per heavy atom. The molecule has 0 aromatic carbocycles. The monoisotopic (exact) mass is 244 g/mol. The smallest absolute Gasteiger partial charge is 0.303 e. The number of amides is 1. The fourth-order valence-electron chi connectivity index (χ4n) is 1.66. The fourth-order valence-corrected chi connectivity index (χ4v) is 1.66. The lowest BCUT2D eigenvalue weighted by atomic mass is 10.2. The van der Waals surface area contributed by atoms with E-state index in [-0.39, 0.29) is 12.3 Å². The number of hydrogen-bond donors (Lipinski definition) is 2. The Balaban J connectivity index is 3.69. The average molecular weight is 244 g/mol. The van der Waals surface area contributed by atoms with Gasteiger partial charge in [-0.05, 0) is 32.4 Å². The number of carbonyl (C=O) groups is 2. The van der Waals surface area contributed by atoms with Crippen LogP contribution in [0.2, 0.25) is 0 Å². The Labute approximate surface area is 103 Å². The van der Waals surface area contributed by atoms with Gasteiger partial charge in [-0.3, -0.25) is 14.5 Å². The van der Waals surface area contributed by atoms with Crippen LogP contribution >= 0.6 is 0 Å². The lowest BCUT2D eigenvalue weighted by Crippen LogP contribution is -2.36. The summed E-state index contributed by atoms with van der Waals surface area (Å²) in [5.74, 6) is -0.704. The molecule has 0 spiro atoms. The molecule has 0 rings (SSSR count). The molecule has 0 aliphatic rings. The maximum Gasteiger partial charge on any atom is 0.303 e. The van der Waals surface area contributed by atoms with Crippen molar-refractivity contribution >= 4 is 11.9 Å². The summed E-state index contributed by atoms with van der Waals surface area (Å²) >= 11 is 0. The number of rotatable bonds is 10. The van der Waals surface area contributed by atoms with Gasteiger partial charge in [-0.25, -0.2) is 0 Å². The highest BCUT2D eigenvalue weighted by Gasteiger charge is 2.08. The van der Waals surface area contributed by atoms with E-state index in [1.165, 1.54) is 0 Å². The summed E-state index contributed by atoms with van der Waals surface area (Å²) in [6.07, 6.45) is 3.83. The number of unbranched alkanes of at least 4 members (excludes halogenated alkanes) is 2. The van der Waals surface area contributed by atoms with Crippen LogP contribution < -0.4 is 5.32 Å².